The zero-order valence-corrected chi connectivity index (χ0v) is 13.3. The summed E-state index contributed by atoms with van der Waals surface area (Å²) in [5.74, 6) is 0.215. The van der Waals surface area contributed by atoms with Gasteiger partial charge in [0.25, 0.3) is 0 Å². The Kier molecular flexibility index (Phi) is 4.67. The van der Waals surface area contributed by atoms with Gasteiger partial charge < -0.3 is 15.3 Å². The second-order valence-electron chi connectivity index (χ2n) is 6.68. The van der Waals surface area contributed by atoms with Gasteiger partial charge in [-0.3, -0.25) is 0 Å². The molecule has 0 radical (unpaired) electrons. The van der Waals surface area contributed by atoms with Gasteiger partial charge in [0.05, 0.1) is 12.1 Å². The van der Waals surface area contributed by atoms with Crippen LogP contribution in [0.4, 0.5) is 4.79 Å². The molecule has 1 heterocycles. The molecule has 0 saturated carbocycles. The number of nitrogens with one attached hydrogen (secondary N) is 1. The second kappa shape index (κ2) is 6.69. The van der Waals surface area contributed by atoms with Gasteiger partial charge in [-0.2, -0.15) is 0 Å². The summed E-state index contributed by atoms with van der Waals surface area (Å²) < 4.78 is 0. The Bertz CT molecular complexity index is 530. The van der Waals surface area contributed by atoms with Crippen molar-refractivity contribution in [3.05, 3.63) is 35.4 Å². The molecule has 2 aliphatic rings. The van der Waals surface area contributed by atoms with E-state index in [1.54, 1.807) is 0 Å². The molecule has 0 bridgehead atoms. The number of fused-ring (bicyclic) bond motifs is 1. The van der Waals surface area contributed by atoms with Gasteiger partial charge in [-0.1, -0.05) is 30.7 Å². The summed E-state index contributed by atoms with van der Waals surface area (Å²) >= 11 is 0. The first-order valence-corrected chi connectivity index (χ1v) is 8.46. The Morgan fingerprint density at radius 1 is 1.32 bits per heavy atom. The van der Waals surface area contributed by atoms with Crippen molar-refractivity contribution >= 4 is 6.03 Å². The molecule has 4 heteroatoms. The number of urea groups is 1. The van der Waals surface area contributed by atoms with Crippen LogP contribution in [-0.2, 0) is 6.42 Å². The van der Waals surface area contributed by atoms with Gasteiger partial charge in [-0.15, -0.1) is 0 Å². The van der Waals surface area contributed by atoms with E-state index in [1.807, 2.05) is 11.8 Å². The SMILES string of the molecule is C[C@H](O)[C@@H]1CCN(C(=O)N[C@H]2CCCCc3ccccc32)C1. The fraction of sp³-hybridized carbons (Fsp3) is 0.611. The van der Waals surface area contributed by atoms with E-state index in [2.05, 4.69) is 29.6 Å². The number of aliphatic hydroxyl groups excluding tert-OH is 1. The molecule has 0 aromatic heterocycles. The summed E-state index contributed by atoms with van der Waals surface area (Å²) in [6.07, 6.45) is 5.02. The predicted molar refractivity (Wildman–Crippen MR) is 86.6 cm³/mol. The van der Waals surface area contributed by atoms with E-state index in [9.17, 15) is 9.90 Å². The third-order valence-corrected chi connectivity index (χ3v) is 5.11. The Morgan fingerprint density at radius 2 is 2.14 bits per heavy atom. The lowest BCUT2D eigenvalue weighted by molar-refractivity contribution is 0.129. The average Bonchev–Trinajstić information content (AvgIpc) is 2.93. The molecule has 3 atom stereocenters. The number of likely N-dealkylation sites (tertiary alicyclic amines) is 1. The van der Waals surface area contributed by atoms with Crippen LogP contribution in [0.2, 0.25) is 0 Å². The topological polar surface area (TPSA) is 52.6 Å². The highest BCUT2D eigenvalue weighted by atomic mass is 16.3. The zero-order chi connectivity index (χ0) is 15.5. The minimum Gasteiger partial charge on any atom is -0.393 e. The van der Waals surface area contributed by atoms with Crippen LogP contribution in [0.3, 0.4) is 0 Å². The fourth-order valence-corrected chi connectivity index (χ4v) is 3.68. The molecule has 3 rings (SSSR count). The molecule has 1 fully saturated rings. The monoisotopic (exact) mass is 302 g/mol. The largest absolute Gasteiger partial charge is 0.393 e. The van der Waals surface area contributed by atoms with Gasteiger partial charge in [-0.05, 0) is 43.7 Å². The molecule has 22 heavy (non-hydrogen) atoms. The van der Waals surface area contributed by atoms with Crippen molar-refractivity contribution in [3.63, 3.8) is 0 Å². The summed E-state index contributed by atoms with van der Waals surface area (Å²) in [7, 11) is 0. The van der Waals surface area contributed by atoms with Gasteiger partial charge in [0.2, 0.25) is 0 Å². The zero-order valence-electron chi connectivity index (χ0n) is 13.3. The smallest absolute Gasteiger partial charge is 0.317 e. The van der Waals surface area contributed by atoms with Gasteiger partial charge in [0.1, 0.15) is 0 Å². The first-order valence-electron chi connectivity index (χ1n) is 8.46. The Labute approximate surface area is 132 Å². The van der Waals surface area contributed by atoms with Crippen LogP contribution in [0.5, 0.6) is 0 Å². The molecule has 1 aliphatic heterocycles. The molecule has 120 valence electrons. The Hall–Kier alpha value is -1.55. The van der Waals surface area contributed by atoms with Crippen molar-refractivity contribution in [3.8, 4) is 0 Å². The molecule has 1 saturated heterocycles. The predicted octanol–water partition coefficient (Wildman–Crippen LogP) is 2.87. The van der Waals surface area contributed by atoms with Crippen molar-refractivity contribution < 1.29 is 9.90 Å². The second-order valence-corrected chi connectivity index (χ2v) is 6.68. The van der Waals surface area contributed by atoms with Gasteiger partial charge in [0.15, 0.2) is 0 Å². The van der Waals surface area contributed by atoms with E-state index in [-0.39, 0.29) is 24.1 Å². The van der Waals surface area contributed by atoms with Crippen LogP contribution in [0.15, 0.2) is 24.3 Å². The number of aliphatic hydroxyl groups is 1. The third kappa shape index (κ3) is 3.27. The number of carbonyl (C=O) groups excluding carboxylic acids is 1. The molecule has 1 aromatic carbocycles. The lowest BCUT2D eigenvalue weighted by atomic mass is 9.99. The van der Waals surface area contributed by atoms with Crippen LogP contribution >= 0.6 is 0 Å². The standard InChI is InChI=1S/C18H26N2O2/c1-13(21)15-10-11-20(12-15)18(22)19-17-9-5-3-7-14-6-2-4-8-16(14)17/h2,4,6,8,13,15,17,21H,3,5,7,9-12H2,1H3,(H,19,22)/t13-,15+,17-/m0/s1. The third-order valence-electron chi connectivity index (χ3n) is 5.11. The van der Waals surface area contributed by atoms with Crippen molar-refractivity contribution in [2.75, 3.05) is 13.1 Å². The summed E-state index contributed by atoms with van der Waals surface area (Å²) in [5.41, 5.74) is 2.65. The maximum absolute atomic E-state index is 12.5. The molecule has 2 N–H and O–H groups in total. The minimum absolute atomic E-state index is 0.0184. The maximum Gasteiger partial charge on any atom is 0.317 e. The molecule has 4 nitrogen and oxygen atoms in total. The molecule has 0 unspecified atom stereocenters. The van der Waals surface area contributed by atoms with E-state index in [0.29, 0.717) is 6.54 Å². The maximum atomic E-state index is 12.5. The van der Waals surface area contributed by atoms with E-state index in [0.717, 1.165) is 32.2 Å². The fourth-order valence-electron chi connectivity index (χ4n) is 3.68. The highest BCUT2D eigenvalue weighted by Gasteiger charge is 2.30. The first kappa shape index (κ1) is 15.3. The van der Waals surface area contributed by atoms with Crippen LogP contribution in [-0.4, -0.2) is 35.2 Å². The molecule has 0 spiro atoms. The highest BCUT2D eigenvalue weighted by molar-refractivity contribution is 5.75. The number of benzene rings is 1. The van der Waals surface area contributed by atoms with Gasteiger partial charge in [-0.25, -0.2) is 4.79 Å². The van der Waals surface area contributed by atoms with E-state index in [4.69, 9.17) is 0 Å². The number of amides is 2. The Morgan fingerprint density at radius 3 is 2.91 bits per heavy atom. The van der Waals surface area contributed by atoms with Gasteiger partial charge >= 0.3 is 6.03 Å². The van der Waals surface area contributed by atoms with Crippen LogP contribution in [0, 0.1) is 5.92 Å². The number of hydrogen-bond acceptors (Lipinski definition) is 2. The lowest BCUT2D eigenvalue weighted by Gasteiger charge is -2.24. The normalized spacial score (nSPS) is 26.2. The number of aryl methyl sites for hydroxylation is 1. The summed E-state index contributed by atoms with van der Waals surface area (Å²) in [6.45, 7) is 3.22. The van der Waals surface area contributed by atoms with E-state index < -0.39 is 0 Å². The molecule has 2 amide bonds. The van der Waals surface area contributed by atoms with Crippen molar-refractivity contribution in [2.24, 2.45) is 5.92 Å². The summed E-state index contributed by atoms with van der Waals surface area (Å²) in [6, 6.07) is 8.61. The van der Waals surface area contributed by atoms with Crippen LogP contribution in [0.25, 0.3) is 0 Å². The number of carbonyl (C=O) groups is 1. The summed E-state index contributed by atoms with van der Waals surface area (Å²) in [4.78, 5) is 14.4. The molecular formula is C18H26N2O2. The van der Waals surface area contributed by atoms with Crippen molar-refractivity contribution in [1.29, 1.82) is 0 Å². The summed E-state index contributed by atoms with van der Waals surface area (Å²) in [5, 5.41) is 12.9. The van der Waals surface area contributed by atoms with E-state index >= 15 is 0 Å². The number of rotatable bonds is 2. The molecular weight excluding hydrogens is 276 g/mol. The van der Waals surface area contributed by atoms with E-state index in [1.165, 1.54) is 17.5 Å². The minimum atomic E-state index is -0.337. The first-order chi connectivity index (χ1) is 10.6. The lowest BCUT2D eigenvalue weighted by Crippen LogP contribution is -2.41. The Balaban J connectivity index is 1.67. The van der Waals surface area contributed by atoms with Crippen LogP contribution < -0.4 is 5.32 Å². The van der Waals surface area contributed by atoms with Crippen molar-refractivity contribution in [2.45, 2.75) is 51.2 Å². The average molecular weight is 302 g/mol. The highest BCUT2D eigenvalue weighted by Crippen LogP contribution is 2.29. The number of hydrogen-bond donors (Lipinski definition) is 2. The molecule has 1 aliphatic carbocycles. The quantitative estimate of drug-likeness (QED) is 0.825. The number of nitrogens with zero attached hydrogens (tertiary/aromatic N) is 1. The van der Waals surface area contributed by atoms with Crippen LogP contribution in [0.1, 0.15) is 49.8 Å². The van der Waals surface area contributed by atoms with Crippen molar-refractivity contribution in [1.82, 2.24) is 10.2 Å². The van der Waals surface area contributed by atoms with Gasteiger partial charge in [0, 0.05) is 19.0 Å². The molecule has 1 aromatic rings.